The van der Waals surface area contributed by atoms with Crippen molar-refractivity contribution in [3.05, 3.63) is 95.8 Å². The van der Waals surface area contributed by atoms with E-state index in [9.17, 15) is 4.39 Å². The molecule has 2 heterocycles. The zero-order chi connectivity index (χ0) is 21.8. The molecule has 1 aromatic heterocycles. The van der Waals surface area contributed by atoms with Crippen molar-refractivity contribution in [2.45, 2.75) is 13.1 Å². The van der Waals surface area contributed by atoms with Crippen LogP contribution in [0.15, 0.2) is 78.9 Å². The van der Waals surface area contributed by atoms with E-state index in [-0.39, 0.29) is 5.82 Å². The zero-order valence-electron chi connectivity index (χ0n) is 17.9. The number of hydrogen-bond acceptors (Lipinski definition) is 5. The van der Waals surface area contributed by atoms with Gasteiger partial charge in [-0.3, -0.25) is 4.90 Å². The summed E-state index contributed by atoms with van der Waals surface area (Å²) in [6, 6.07) is 25.2. The predicted molar refractivity (Wildman–Crippen MR) is 127 cm³/mol. The van der Waals surface area contributed by atoms with Crippen LogP contribution in [0.2, 0.25) is 0 Å². The molecule has 32 heavy (non-hydrogen) atoms. The normalized spacial score (nSPS) is 14.6. The minimum Gasteiger partial charge on any atom is -0.365 e. The Kier molecular flexibility index (Phi) is 5.94. The summed E-state index contributed by atoms with van der Waals surface area (Å²) >= 11 is 0. The highest BCUT2D eigenvalue weighted by Crippen LogP contribution is 2.25. The lowest BCUT2D eigenvalue weighted by atomic mass is 10.2. The Morgan fingerprint density at radius 1 is 0.750 bits per heavy atom. The average molecular weight is 428 g/mol. The van der Waals surface area contributed by atoms with E-state index in [4.69, 9.17) is 9.97 Å². The number of fused-ring (bicyclic) bond motifs is 1. The van der Waals surface area contributed by atoms with Gasteiger partial charge in [0.05, 0.1) is 5.52 Å². The lowest BCUT2D eigenvalue weighted by molar-refractivity contribution is 0.249. The van der Waals surface area contributed by atoms with E-state index >= 15 is 0 Å². The molecule has 0 unspecified atom stereocenters. The zero-order valence-corrected chi connectivity index (χ0v) is 17.9. The van der Waals surface area contributed by atoms with E-state index in [1.54, 1.807) is 12.1 Å². The van der Waals surface area contributed by atoms with Crippen LogP contribution in [-0.4, -0.2) is 41.0 Å². The molecule has 1 fully saturated rings. The molecule has 6 heteroatoms. The molecule has 0 saturated carbocycles. The molecule has 4 aromatic rings. The standard InChI is InChI=1S/C26H26FN5/c27-22-12-10-20(11-13-22)18-28-25-23-8-4-5-9-24(23)29-26(30-25)32-16-14-31(15-17-32)19-21-6-2-1-3-7-21/h1-13H,14-19H2,(H,28,29,30). The van der Waals surface area contributed by atoms with Crippen LogP contribution in [-0.2, 0) is 13.1 Å². The number of para-hydroxylation sites is 1. The van der Waals surface area contributed by atoms with Crippen LogP contribution in [0.4, 0.5) is 16.2 Å². The molecule has 0 aliphatic carbocycles. The summed E-state index contributed by atoms with van der Waals surface area (Å²) in [5.74, 6) is 1.33. The van der Waals surface area contributed by atoms with Crippen LogP contribution in [0.3, 0.4) is 0 Å². The predicted octanol–water partition coefficient (Wildman–Crippen LogP) is 4.70. The number of halogens is 1. The van der Waals surface area contributed by atoms with Crippen molar-refractivity contribution in [1.29, 1.82) is 0 Å². The smallest absolute Gasteiger partial charge is 0.227 e. The van der Waals surface area contributed by atoms with Gasteiger partial charge < -0.3 is 10.2 Å². The number of nitrogens with one attached hydrogen (secondary N) is 1. The molecule has 1 N–H and O–H groups in total. The summed E-state index contributed by atoms with van der Waals surface area (Å²) in [7, 11) is 0. The van der Waals surface area contributed by atoms with E-state index in [0.29, 0.717) is 6.54 Å². The molecule has 1 saturated heterocycles. The fourth-order valence-electron chi connectivity index (χ4n) is 4.08. The second-order valence-corrected chi connectivity index (χ2v) is 8.12. The first-order valence-corrected chi connectivity index (χ1v) is 11.0. The Bertz CT molecular complexity index is 1170. The Morgan fingerprint density at radius 2 is 1.47 bits per heavy atom. The maximum absolute atomic E-state index is 13.2. The Morgan fingerprint density at radius 3 is 2.25 bits per heavy atom. The molecule has 0 radical (unpaired) electrons. The summed E-state index contributed by atoms with van der Waals surface area (Å²) in [6.07, 6.45) is 0. The second kappa shape index (κ2) is 9.32. The van der Waals surface area contributed by atoms with Gasteiger partial charge in [-0.25, -0.2) is 9.37 Å². The minimum absolute atomic E-state index is 0.227. The van der Waals surface area contributed by atoms with E-state index in [2.05, 4.69) is 45.4 Å². The second-order valence-electron chi connectivity index (χ2n) is 8.12. The maximum atomic E-state index is 13.2. The molecule has 0 amide bonds. The number of benzene rings is 3. The van der Waals surface area contributed by atoms with Crippen LogP contribution in [0.1, 0.15) is 11.1 Å². The number of nitrogens with zero attached hydrogens (tertiary/aromatic N) is 4. The number of rotatable bonds is 6. The highest BCUT2D eigenvalue weighted by Gasteiger charge is 2.20. The Hall–Kier alpha value is -3.51. The molecule has 0 atom stereocenters. The van der Waals surface area contributed by atoms with E-state index in [0.717, 1.165) is 61.0 Å². The van der Waals surface area contributed by atoms with Gasteiger partial charge in [-0.05, 0) is 35.4 Å². The van der Waals surface area contributed by atoms with Crippen molar-refractivity contribution in [2.24, 2.45) is 0 Å². The van der Waals surface area contributed by atoms with Gasteiger partial charge in [0.15, 0.2) is 0 Å². The first kappa shape index (κ1) is 20.4. The molecule has 1 aliphatic heterocycles. The highest BCUT2D eigenvalue weighted by atomic mass is 19.1. The van der Waals surface area contributed by atoms with E-state index < -0.39 is 0 Å². The topological polar surface area (TPSA) is 44.3 Å². The van der Waals surface area contributed by atoms with Gasteiger partial charge in [-0.2, -0.15) is 4.98 Å². The maximum Gasteiger partial charge on any atom is 0.227 e. The molecule has 5 nitrogen and oxygen atoms in total. The Balaban J connectivity index is 1.31. The lowest BCUT2D eigenvalue weighted by Crippen LogP contribution is -2.46. The fourth-order valence-corrected chi connectivity index (χ4v) is 4.08. The van der Waals surface area contributed by atoms with Crippen molar-refractivity contribution < 1.29 is 4.39 Å². The SMILES string of the molecule is Fc1ccc(CNc2nc(N3CCN(Cc4ccccc4)CC3)nc3ccccc23)cc1. The lowest BCUT2D eigenvalue weighted by Gasteiger charge is -2.35. The number of hydrogen-bond donors (Lipinski definition) is 1. The molecule has 1 aliphatic rings. The van der Waals surface area contributed by atoms with E-state index in [1.807, 2.05) is 24.3 Å². The average Bonchev–Trinajstić information content (AvgIpc) is 2.84. The molecular formula is C26H26FN5. The van der Waals surface area contributed by atoms with Gasteiger partial charge in [-0.1, -0.05) is 54.6 Å². The first-order valence-electron chi connectivity index (χ1n) is 11.0. The third-order valence-electron chi connectivity index (χ3n) is 5.87. The van der Waals surface area contributed by atoms with Crippen molar-refractivity contribution in [3.63, 3.8) is 0 Å². The third-order valence-corrected chi connectivity index (χ3v) is 5.87. The monoisotopic (exact) mass is 427 g/mol. The van der Waals surface area contributed by atoms with Crippen molar-refractivity contribution >= 4 is 22.7 Å². The summed E-state index contributed by atoms with van der Waals surface area (Å²) in [5, 5.41) is 4.42. The van der Waals surface area contributed by atoms with Crippen molar-refractivity contribution in [2.75, 3.05) is 36.4 Å². The molecule has 0 spiro atoms. The van der Waals surface area contributed by atoms with Gasteiger partial charge >= 0.3 is 0 Å². The van der Waals surface area contributed by atoms with Gasteiger partial charge in [-0.15, -0.1) is 0 Å². The van der Waals surface area contributed by atoms with Crippen LogP contribution < -0.4 is 10.2 Å². The number of piperazine rings is 1. The fraction of sp³-hybridized carbons (Fsp3) is 0.231. The number of anilines is 2. The summed E-state index contributed by atoms with van der Waals surface area (Å²) < 4.78 is 13.2. The minimum atomic E-state index is -0.227. The molecular weight excluding hydrogens is 401 g/mol. The van der Waals surface area contributed by atoms with Crippen LogP contribution >= 0.6 is 0 Å². The van der Waals surface area contributed by atoms with E-state index in [1.165, 1.54) is 17.7 Å². The van der Waals surface area contributed by atoms with Gasteiger partial charge in [0.25, 0.3) is 0 Å². The first-order chi connectivity index (χ1) is 15.7. The van der Waals surface area contributed by atoms with Crippen LogP contribution in [0.25, 0.3) is 10.9 Å². The largest absolute Gasteiger partial charge is 0.365 e. The molecule has 5 rings (SSSR count). The summed E-state index contributed by atoms with van der Waals surface area (Å²) in [6.45, 7) is 5.28. The van der Waals surface area contributed by atoms with Gasteiger partial charge in [0.2, 0.25) is 5.95 Å². The number of aromatic nitrogens is 2. The quantitative estimate of drug-likeness (QED) is 0.483. The third kappa shape index (κ3) is 4.70. The molecule has 0 bridgehead atoms. The Labute approximate surface area is 187 Å². The van der Waals surface area contributed by atoms with Crippen LogP contribution in [0, 0.1) is 5.82 Å². The van der Waals surface area contributed by atoms with Crippen molar-refractivity contribution in [3.8, 4) is 0 Å². The highest BCUT2D eigenvalue weighted by molar-refractivity contribution is 5.90. The molecule has 162 valence electrons. The molecule has 3 aromatic carbocycles. The van der Waals surface area contributed by atoms with Gasteiger partial charge in [0.1, 0.15) is 11.6 Å². The van der Waals surface area contributed by atoms with Crippen LogP contribution in [0.5, 0.6) is 0 Å². The van der Waals surface area contributed by atoms with Gasteiger partial charge in [0, 0.05) is 44.7 Å². The van der Waals surface area contributed by atoms with Crippen molar-refractivity contribution in [1.82, 2.24) is 14.9 Å². The summed E-state index contributed by atoms with van der Waals surface area (Å²) in [4.78, 5) is 14.5. The summed E-state index contributed by atoms with van der Waals surface area (Å²) in [5.41, 5.74) is 3.27.